The number of rotatable bonds is 6. The number of halogens is 2. The Morgan fingerprint density at radius 3 is 2.33 bits per heavy atom. The Labute approximate surface area is 198 Å². The van der Waals surface area contributed by atoms with E-state index in [0.29, 0.717) is 28.7 Å². The monoisotopic (exact) mass is 470 g/mol. The molecule has 1 aromatic heterocycles. The van der Waals surface area contributed by atoms with Crippen molar-refractivity contribution in [3.63, 3.8) is 0 Å². The summed E-state index contributed by atoms with van der Waals surface area (Å²) in [6.07, 6.45) is 0. The number of piperazine rings is 1. The maximum Gasteiger partial charge on any atom is 0.254 e. The molecule has 0 radical (unpaired) electrons. The molecule has 0 aliphatic carbocycles. The summed E-state index contributed by atoms with van der Waals surface area (Å²) in [4.78, 5) is 19.6. The number of hydrogen-bond donors (Lipinski definition) is 0. The largest absolute Gasteiger partial charge is 0.338 e. The van der Waals surface area contributed by atoms with Gasteiger partial charge in [-0.2, -0.15) is 0 Å². The van der Waals surface area contributed by atoms with Gasteiger partial charge in [0.1, 0.15) is 11.5 Å². The van der Waals surface area contributed by atoms with Crippen LogP contribution in [0.4, 0.5) is 10.3 Å². The predicted octanol–water partition coefficient (Wildman–Crippen LogP) is 4.94. The van der Waals surface area contributed by atoms with Crippen molar-refractivity contribution in [3.05, 3.63) is 70.5 Å². The number of nitrogens with zero attached hydrogens (tertiary/aromatic N) is 4. The summed E-state index contributed by atoms with van der Waals surface area (Å²) >= 11 is 6.01. The first-order chi connectivity index (χ1) is 15.8. The van der Waals surface area contributed by atoms with Crippen molar-refractivity contribution < 1.29 is 13.7 Å². The van der Waals surface area contributed by atoms with Gasteiger partial charge in [-0.15, -0.1) is 0 Å². The Morgan fingerprint density at radius 1 is 1.09 bits per heavy atom. The third-order valence-electron chi connectivity index (χ3n) is 5.98. The molecule has 1 saturated heterocycles. The number of carbonyl (C=O) groups is 1. The number of aromatic nitrogens is 1. The van der Waals surface area contributed by atoms with Crippen LogP contribution in [-0.4, -0.2) is 60.1 Å². The zero-order chi connectivity index (χ0) is 23.5. The first kappa shape index (κ1) is 23.3. The van der Waals surface area contributed by atoms with Crippen molar-refractivity contribution in [1.82, 2.24) is 15.0 Å². The lowest BCUT2D eigenvalue weighted by Gasteiger charge is -2.33. The van der Waals surface area contributed by atoms with Crippen LogP contribution >= 0.6 is 11.6 Å². The smallest absolute Gasteiger partial charge is 0.254 e. The third-order valence-corrected chi connectivity index (χ3v) is 6.23. The van der Waals surface area contributed by atoms with Crippen molar-refractivity contribution in [2.75, 3.05) is 38.1 Å². The van der Waals surface area contributed by atoms with Crippen molar-refractivity contribution in [2.24, 2.45) is 0 Å². The molecule has 1 aliphatic rings. The number of carbonyl (C=O) groups excluding carboxylic acids is 1. The molecule has 0 spiro atoms. The van der Waals surface area contributed by atoms with Crippen LogP contribution < -0.4 is 4.90 Å². The van der Waals surface area contributed by atoms with Gasteiger partial charge in [-0.25, -0.2) is 4.39 Å². The molecule has 0 unspecified atom stereocenters. The summed E-state index contributed by atoms with van der Waals surface area (Å²) < 4.78 is 19.4. The molecule has 8 heteroatoms. The fourth-order valence-corrected chi connectivity index (χ4v) is 4.08. The second-order valence-corrected chi connectivity index (χ2v) is 9.08. The molecule has 0 N–H and O–H groups in total. The van der Waals surface area contributed by atoms with Gasteiger partial charge in [0.25, 0.3) is 5.91 Å². The Kier molecular flexibility index (Phi) is 7.00. The molecule has 3 aromatic rings. The van der Waals surface area contributed by atoms with Crippen LogP contribution in [0.3, 0.4) is 0 Å². The van der Waals surface area contributed by atoms with Gasteiger partial charge in [0.15, 0.2) is 0 Å². The topological polar surface area (TPSA) is 52.8 Å². The standard InChI is InChI=1S/C25H28ClFN4O2/c1-17(2)31(24(32)19-4-8-20(26)9-5-19)16-22-23(18-6-10-21(27)11-7-18)28-33-25(22)30-14-12-29(3)13-15-30/h4-11,17H,12-16H2,1-3H3. The van der Waals surface area contributed by atoms with Gasteiger partial charge in [-0.05, 0) is 69.4 Å². The highest BCUT2D eigenvalue weighted by atomic mass is 35.5. The molecule has 0 bridgehead atoms. The average Bonchev–Trinajstić information content (AvgIpc) is 3.22. The van der Waals surface area contributed by atoms with Gasteiger partial charge in [0, 0.05) is 48.4 Å². The van der Waals surface area contributed by atoms with Gasteiger partial charge < -0.3 is 19.2 Å². The van der Waals surface area contributed by atoms with E-state index in [1.807, 2.05) is 13.8 Å². The van der Waals surface area contributed by atoms with E-state index >= 15 is 0 Å². The minimum Gasteiger partial charge on any atom is -0.338 e. The molecular weight excluding hydrogens is 443 g/mol. The first-order valence-electron chi connectivity index (χ1n) is 11.1. The second-order valence-electron chi connectivity index (χ2n) is 8.65. The van der Waals surface area contributed by atoms with Gasteiger partial charge in [-0.3, -0.25) is 4.79 Å². The fourth-order valence-electron chi connectivity index (χ4n) is 3.95. The van der Waals surface area contributed by atoms with E-state index in [9.17, 15) is 9.18 Å². The van der Waals surface area contributed by atoms with Crippen LogP contribution in [0.25, 0.3) is 11.3 Å². The molecular formula is C25H28ClFN4O2. The molecule has 2 heterocycles. The second kappa shape index (κ2) is 9.93. The molecule has 4 rings (SSSR count). The zero-order valence-corrected chi connectivity index (χ0v) is 19.8. The molecule has 0 saturated carbocycles. The van der Waals surface area contributed by atoms with Crippen LogP contribution in [-0.2, 0) is 6.54 Å². The highest BCUT2D eigenvalue weighted by molar-refractivity contribution is 6.30. The SMILES string of the molecule is CC(C)N(Cc1c(-c2ccc(F)cc2)noc1N1CCN(C)CC1)C(=O)c1ccc(Cl)cc1. The maximum atomic E-state index is 13.6. The zero-order valence-electron chi connectivity index (χ0n) is 19.1. The summed E-state index contributed by atoms with van der Waals surface area (Å²) in [7, 11) is 2.09. The maximum absolute atomic E-state index is 13.6. The lowest BCUT2D eigenvalue weighted by Crippen LogP contribution is -2.45. The Balaban J connectivity index is 1.72. The molecule has 1 fully saturated rings. The quantitative estimate of drug-likeness (QED) is 0.511. The lowest BCUT2D eigenvalue weighted by atomic mass is 10.0. The van der Waals surface area contributed by atoms with Crippen LogP contribution in [0.5, 0.6) is 0 Å². The Morgan fingerprint density at radius 2 is 1.73 bits per heavy atom. The number of benzene rings is 2. The summed E-state index contributed by atoms with van der Waals surface area (Å²) in [5.41, 5.74) is 2.76. The molecule has 1 aliphatic heterocycles. The number of likely N-dealkylation sites (N-methyl/N-ethyl adjacent to an activating group) is 1. The van der Waals surface area contributed by atoms with E-state index in [0.717, 1.165) is 37.3 Å². The lowest BCUT2D eigenvalue weighted by molar-refractivity contribution is 0.0690. The minimum atomic E-state index is -0.315. The summed E-state index contributed by atoms with van der Waals surface area (Å²) in [5.74, 6) is 0.249. The number of anilines is 1. The highest BCUT2D eigenvalue weighted by Crippen LogP contribution is 2.34. The van der Waals surface area contributed by atoms with E-state index in [1.54, 1.807) is 41.3 Å². The number of hydrogen-bond acceptors (Lipinski definition) is 5. The van der Waals surface area contributed by atoms with Crippen LogP contribution in [0.2, 0.25) is 5.02 Å². The molecule has 33 heavy (non-hydrogen) atoms. The Hall–Kier alpha value is -2.90. The summed E-state index contributed by atoms with van der Waals surface area (Å²) in [6.45, 7) is 7.69. The summed E-state index contributed by atoms with van der Waals surface area (Å²) in [5, 5.41) is 4.94. The van der Waals surface area contributed by atoms with Gasteiger partial charge in [0.2, 0.25) is 5.88 Å². The fraction of sp³-hybridized carbons (Fsp3) is 0.360. The first-order valence-corrected chi connectivity index (χ1v) is 11.5. The number of amides is 1. The van der Waals surface area contributed by atoms with Crippen LogP contribution in [0, 0.1) is 5.82 Å². The minimum absolute atomic E-state index is 0.0653. The predicted molar refractivity (Wildman–Crippen MR) is 128 cm³/mol. The Bertz CT molecular complexity index is 1090. The van der Waals surface area contributed by atoms with Crippen molar-refractivity contribution in [3.8, 4) is 11.3 Å². The van der Waals surface area contributed by atoms with E-state index in [-0.39, 0.29) is 17.8 Å². The normalized spacial score (nSPS) is 14.7. The van der Waals surface area contributed by atoms with E-state index in [4.69, 9.17) is 16.1 Å². The summed E-state index contributed by atoms with van der Waals surface area (Å²) in [6, 6.07) is 13.0. The van der Waals surface area contributed by atoms with Crippen molar-refractivity contribution >= 4 is 23.4 Å². The molecule has 174 valence electrons. The van der Waals surface area contributed by atoms with E-state index in [2.05, 4.69) is 22.0 Å². The highest BCUT2D eigenvalue weighted by Gasteiger charge is 2.29. The van der Waals surface area contributed by atoms with Gasteiger partial charge in [0.05, 0.1) is 12.1 Å². The van der Waals surface area contributed by atoms with E-state index in [1.165, 1.54) is 12.1 Å². The molecule has 1 amide bonds. The molecule has 2 aromatic carbocycles. The third kappa shape index (κ3) is 5.20. The average molecular weight is 471 g/mol. The molecule has 6 nitrogen and oxygen atoms in total. The van der Waals surface area contributed by atoms with Crippen molar-refractivity contribution in [1.29, 1.82) is 0 Å². The molecule has 0 atom stereocenters. The van der Waals surface area contributed by atoms with Crippen molar-refractivity contribution in [2.45, 2.75) is 26.4 Å². The van der Waals surface area contributed by atoms with Crippen LogP contribution in [0.15, 0.2) is 53.1 Å². The van der Waals surface area contributed by atoms with Gasteiger partial charge in [-0.1, -0.05) is 16.8 Å². The van der Waals surface area contributed by atoms with Crippen LogP contribution in [0.1, 0.15) is 29.8 Å². The van der Waals surface area contributed by atoms with Gasteiger partial charge >= 0.3 is 0 Å². The van der Waals surface area contributed by atoms with E-state index < -0.39 is 0 Å².